The van der Waals surface area contributed by atoms with E-state index in [1.165, 1.54) is 0 Å². The number of aryl methyl sites for hydroxylation is 2. The van der Waals surface area contributed by atoms with Crippen LogP contribution < -0.4 is 10.2 Å². The number of para-hydroxylation sites is 1. The molecule has 0 unspecified atom stereocenters. The van der Waals surface area contributed by atoms with E-state index in [2.05, 4.69) is 44.4 Å². The van der Waals surface area contributed by atoms with Crippen molar-refractivity contribution in [1.82, 2.24) is 15.1 Å². The van der Waals surface area contributed by atoms with Gasteiger partial charge in [0.15, 0.2) is 5.82 Å². The highest BCUT2D eigenvalue weighted by Crippen LogP contribution is 2.26. The predicted molar refractivity (Wildman–Crippen MR) is 90.4 cm³/mol. The molecule has 0 atom stereocenters. The summed E-state index contributed by atoms with van der Waals surface area (Å²) in [7, 11) is 0. The number of nitrogens with zero attached hydrogens (tertiary/aromatic N) is 4. The largest absolute Gasteiger partial charge is 0.360 e. The molecule has 3 rings (SSSR count). The van der Waals surface area contributed by atoms with Gasteiger partial charge in [-0.1, -0.05) is 23.4 Å². The maximum Gasteiger partial charge on any atom is 0.175 e. The van der Waals surface area contributed by atoms with Gasteiger partial charge in [-0.25, -0.2) is 9.97 Å². The Bertz CT molecular complexity index is 785. The minimum Gasteiger partial charge on any atom is -0.360 e. The monoisotopic (exact) mass is 309 g/mol. The third-order valence-electron chi connectivity index (χ3n) is 3.37. The Morgan fingerprint density at radius 1 is 1.04 bits per heavy atom. The summed E-state index contributed by atoms with van der Waals surface area (Å²) in [6, 6.07) is 13.9. The van der Waals surface area contributed by atoms with Gasteiger partial charge in [0, 0.05) is 24.4 Å². The Balaban J connectivity index is 1.93. The lowest BCUT2D eigenvalue weighted by atomic mass is 10.3. The Hall–Kier alpha value is -2.89. The number of hydrogen-bond donors (Lipinski definition) is 1. The van der Waals surface area contributed by atoms with Crippen LogP contribution in [0.15, 0.2) is 47.0 Å². The van der Waals surface area contributed by atoms with Gasteiger partial charge in [-0.2, -0.15) is 0 Å². The fraction of sp³-hybridized carbons (Fsp3) is 0.235. The summed E-state index contributed by atoms with van der Waals surface area (Å²) < 4.78 is 5.07. The van der Waals surface area contributed by atoms with Gasteiger partial charge in [0.25, 0.3) is 0 Å². The van der Waals surface area contributed by atoms with Gasteiger partial charge >= 0.3 is 0 Å². The zero-order valence-electron chi connectivity index (χ0n) is 13.4. The molecule has 2 aromatic heterocycles. The first-order valence-corrected chi connectivity index (χ1v) is 7.54. The SMILES string of the molecule is CCN(c1ccccc1)c1cc(Nc2cc(C)on2)nc(C)n1. The predicted octanol–water partition coefficient (Wildman–Crippen LogP) is 3.98. The fourth-order valence-corrected chi connectivity index (χ4v) is 2.40. The molecular weight excluding hydrogens is 290 g/mol. The molecule has 23 heavy (non-hydrogen) atoms. The van der Waals surface area contributed by atoms with Gasteiger partial charge in [0.05, 0.1) is 0 Å². The normalized spacial score (nSPS) is 10.6. The Morgan fingerprint density at radius 2 is 1.83 bits per heavy atom. The highest BCUT2D eigenvalue weighted by molar-refractivity contribution is 5.64. The molecule has 1 aromatic carbocycles. The minimum atomic E-state index is 0.634. The second-order valence-corrected chi connectivity index (χ2v) is 5.19. The highest BCUT2D eigenvalue weighted by Gasteiger charge is 2.12. The summed E-state index contributed by atoms with van der Waals surface area (Å²) in [4.78, 5) is 11.1. The van der Waals surface area contributed by atoms with E-state index < -0.39 is 0 Å². The van der Waals surface area contributed by atoms with Gasteiger partial charge in [0.2, 0.25) is 0 Å². The van der Waals surface area contributed by atoms with E-state index in [9.17, 15) is 0 Å². The molecular formula is C17H19N5O. The zero-order chi connectivity index (χ0) is 16.2. The maximum atomic E-state index is 5.07. The van der Waals surface area contributed by atoms with Gasteiger partial charge in [-0.05, 0) is 32.9 Å². The number of rotatable bonds is 5. The number of aromatic nitrogens is 3. The number of benzene rings is 1. The third-order valence-corrected chi connectivity index (χ3v) is 3.37. The molecule has 0 aliphatic heterocycles. The van der Waals surface area contributed by atoms with Crippen molar-refractivity contribution < 1.29 is 4.52 Å². The smallest absolute Gasteiger partial charge is 0.175 e. The quantitative estimate of drug-likeness (QED) is 0.769. The van der Waals surface area contributed by atoms with E-state index in [1.54, 1.807) is 0 Å². The molecule has 2 heterocycles. The molecule has 6 heteroatoms. The van der Waals surface area contributed by atoms with Crippen molar-refractivity contribution in [2.24, 2.45) is 0 Å². The molecule has 0 saturated heterocycles. The molecule has 0 fully saturated rings. The second-order valence-electron chi connectivity index (χ2n) is 5.19. The molecule has 0 bridgehead atoms. The van der Waals surface area contributed by atoms with Crippen LogP contribution in [-0.2, 0) is 0 Å². The van der Waals surface area contributed by atoms with Crippen molar-refractivity contribution in [1.29, 1.82) is 0 Å². The van der Waals surface area contributed by atoms with Gasteiger partial charge in [-0.15, -0.1) is 0 Å². The molecule has 0 saturated carbocycles. The zero-order valence-corrected chi connectivity index (χ0v) is 13.4. The van der Waals surface area contributed by atoms with Crippen LogP contribution in [0.1, 0.15) is 18.5 Å². The molecule has 0 aliphatic rings. The lowest BCUT2D eigenvalue weighted by Gasteiger charge is -2.22. The first-order valence-electron chi connectivity index (χ1n) is 7.54. The van der Waals surface area contributed by atoms with E-state index in [1.807, 2.05) is 44.2 Å². The summed E-state index contributed by atoms with van der Waals surface area (Å²) in [5.41, 5.74) is 1.09. The van der Waals surface area contributed by atoms with Gasteiger partial charge in [-0.3, -0.25) is 0 Å². The van der Waals surface area contributed by atoms with Crippen molar-refractivity contribution in [3.63, 3.8) is 0 Å². The molecule has 118 valence electrons. The topological polar surface area (TPSA) is 67.1 Å². The van der Waals surface area contributed by atoms with Crippen molar-refractivity contribution in [2.45, 2.75) is 20.8 Å². The summed E-state index contributed by atoms with van der Waals surface area (Å²) in [5.74, 6) is 3.61. The van der Waals surface area contributed by atoms with Crippen LogP contribution in [-0.4, -0.2) is 21.7 Å². The summed E-state index contributed by atoms with van der Waals surface area (Å²) >= 11 is 0. The highest BCUT2D eigenvalue weighted by atomic mass is 16.5. The van der Waals surface area contributed by atoms with Crippen LogP contribution in [0.5, 0.6) is 0 Å². The van der Waals surface area contributed by atoms with E-state index in [0.717, 1.165) is 23.8 Å². The standard InChI is InChI=1S/C17H19N5O/c1-4-22(14-8-6-5-7-9-14)17-11-15(18-13(3)19-17)20-16-10-12(2)23-21-16/h5-11H,4H2,1-3H3,(H,18,19,20,21). The average molecular weight is 309 g/mol. The lowest BCUT2D eigenvalue weighted by Crippen LogP contribution is -2.18. The lowest BCUT2D eigenvalue weighted by molar-refractivity contribution is 0.400. The maximum absolute atomic E-state index is 5.07. The number of nitrogens with one attached hydrogen (secondary N) is 1. The van der Waals surface area contributed by atoms with Crippen LogP contribution in [0.25, 0.3) is 0 Å². The third kappa shape index (κ3) is 3.48. The number of anilines is 4. The summed E-state index contributed by atoms with van der Waals surface area (Å²) in [5, 5.41) is 7.09. The van der Waals surface area contributed by atoms with Crippen LogP contribution in [0.3, 0.4) is 0 Å². The van der Waals surface area contributed by atoms with E-state index >= 15 is 0 Å². The van der Waals surface area contributed by atoms with Crippen molar-refractivity contribution in [2.75, 3.05) is 16.8 Å². The second kappa shape index (κ2) is 6.48. The molecule has 0 radical (unpaired) electrons. The van der Waals surface area contributed by atoms with Crippen LogP contribution in [0, 0.1) is 13.8 Å². The Kier molecular flexibility index (Phi) is 4.23. The van der Waals surface area contributed by atoms with Crippen molar-refractivity contribution in [3.05, 3.63) is 54.0 Å². The van der Waals surface area contributed by atoms with Gasteiger partial charge in [0.1, 0.15) is 23.2 Å². The summed E-state index contributed by atoms with van der Waals surface area (Å²) in [6.07, 6.45) is 0. The van der Waals surface area contributed by atoms with E-state index in [0.29, 0.717) is 17.5 Å². The number of hydrogen-bond acceptors (Lipinski definition) is 6. The first-order chi connectivity index (χ1) is 11.2. The van der Waals surface area contributed by atoms with Crippen molar-refractivity contribution >= 4 is 23.1 Å². The van der Waals surface area contributed by atoms with Crippen LogP contribution >= 0.6 is 0 Å². The fourth-order valence-electron chi connectivity index (χ4n) is 2.40. The molecule has 6 nitrogen and oxygen atoms in total. The Labute approximate surface area is 135 Å². The first kappa shape index (κ1) is 15.0. The van der Waals surface area contributed by atoms with Gasteiger partial charge < -0.3 is 14.7 Å². The van der Waals surface area contributed by atoms with E-state index in [-0.39, 0.29) is 0 Å². The molecule has 3 aromatic rings. The average Bonchev–Trinajstić information content (AvgIpc) is 2.93. The van der Waals surface area contributed by atoms with Crippen LogP contribution in [0.2, 0.25) is 0 Å². The molecule has 0 aliphatic carbocycles. The molecule has 0 spiro atoms. The van der Waals surface area contributed by atoms with Crippen molar-refractivity contribution in [3.8, 4) is 0 Å². The van der Waals surface area contributed by atoms with Crippen LogP contribution in [0.4, 0.5) is 23.1 Å². The summed E-state index contributed by atoms with van der Waals surface area (Å²) in [6.45, 7) is 6.63. The Morgan fingerprint density at radius 3 is 2.48 bits per heavy atom. The van der Waals surface area contributed by atoms with E-state index in [4.69, 9.17) is 4.52 Å². The molecule has 1 N–H and O–H groups in total. The minimum absolute atomic E-state index is 0.634. The molecule has 0 amide bonds.